The minimum Gasteiger partial charge on any atom is -0.495 e. The van der Waals surface area contributed by atoms with Crippen LogP contribution in [0.15, 0.2) is 41.3 Å². The molecule has 0 radical (unpaired) electrons. The fraction of sp³-hybridized carbons (Fsp3) is 0.458. The number of piperidine rings is 1. The van der Waals surface area contributed by atoms with Crippen molar-refractivity contribution in [1.82, 2.24) is 8.61 Å². The number of carbonyl (C=O) groups excluding carboxylic acids is 1. The first-order valence-corrected chi connectivity index (χ1v) is 15.7. The van der Waals surface area contributed by atoms with Gasteiger partial charge in [-0.15, -0.1) is 0 Å². The van der Waals surface area contributed by atoms with Gasteiger partial charge in [-0.2, -0.15) is 4.31 Å². The van der Waals surface area contributed by atoms with E-state index in [1.54, 1.807) is 18.2 Å². The number of nitrogens with one attached hydrogen (secondary N) is 1. The molecule has 0 spiro atoms. The zero-order valence-corrected chi connectivity index (χ0v) is 23.5. The average molecular weight is 591 g/mol. The van der Waals surface area contributed by atoms with E-state index in [2.05, 4.69) is 5.32 Å². The summed E-state index contributed by atoms with van der Waals surface area (Å²) in [4.78, 5) is 13.3. The van der Waals surface area contributed by atoms with Crippen molar-refractivity contribution in [3.8, 4) is 5.75 Å². The number of nitrogens with zero attached hydrogens (tertiary/aromatic N) is 2. The monoisotopic (exact) mass is 589 g/mol. The second-order valence-corrected chi connectivity index (χ2v) is 13.8. The molecule has 202 valence electrons. The van der Waals surface area contributed by atoms with Gasteiger partial charge >= 0.3 is 0 Å². The molecule has 1 N–H and O–H groups in total. The van der Waals surface area contributed by atoms with Gasteiger partial charge in [-0.25, -0.2) is 21.1 Å². The first kappa shape index (κ1) is 28.1. The first-order valence-electron chi connectivity index (χ1n) is 11.9. The Bertz CT molecular complexity index is 1360. The molecule has 0 bridgehead atoms. The molecule has 0 saturated carbocycles. The van der Waals surface area contributed by atoms with Crippen LogP contribution in [0.25, 0.3) is 0 Å². The highest BCUT2D eigenvalue weighted by atomic mass is 35.5. The highest BCUT2D eigenvalue weighted by Gasteiger charge is 2.34. The molecule has 2 aromatic carbocycles. The quantitative estimate of drug-likeness (QED) is 0.498. The summed E-state index contributed by atoms with van der Waals surface area (Å²) in [6.07, 6.45) is 2.60. The maximum atomic E-state index is 13.2. The van der Waals surface area contributed by atoms with Crippen molar-refractivity contribution in [2.45, 2.75) is 36.3 Å². The highest BCUT2D eigenvalue weighted by molar-refractivity contribution is 7.89. The van der Waals surface area contributed by atoms with Gasteiger partial charge in [0.15, 0.2) is 0 Å². The predicted octanol–water partition coefficient (Wildman–Crippen LogP) is 3.97. The fourth-order valence-corrected chi connectivity index (χ4v) is 8.52. The predicted molar refractivity (Wildman–Crippen MR) is 143 cm³/mol. The molecule has 2 aliphatic heterocycles. The number of hydrogen-bond donors (Lipinski definition) is 1. The van der Waals surface area contributed by atoms with Crippen LogP contribution in [0.3, 0.4) is 0 Å². The highest BCUT2D eigenvalue weighted by Crippen LogP contribution is 2.32. The molecule has 4 rings (SSSR count). The second kappa shape index (κ2) is 11.5. The van der Waals surface area contributed by atoms with Crippen LogP contribution in [0.2, 0.25) is 10.0 Å². The van der Waals surface area contributed by atoms with Crippen LogP contribution in [0, 0.1) is 5.92 Å². The molecule has 2 fully saturated rings. The molecular formula is C24H29Cl2N3O6S2. The molecule has 13 heteroatoms. The number of sulfonamides is 2. The Labute approximate surface area is 227 Å². The Hall–Kier alpha value is -1.89. The van der Waals surface area contributed by atoms with Crippen molar-refractivity contribution < 1.29 is 26.4 Å². The van der Waals surface area contributed by atoms with Crippen molar-refractivity contribution in [2.24, 2.45) is 5.92 Å². The summed E-state index contributed by atoms with van der Waals surface area (Å²) in [5.41, 5.74) is 0.536. The third kappa shape index (κ3) is 6.23. The summed E-state index contributed by atoms with van der Waals surface area (Å²) >= 11 is 12.3. The van der Waals surface area contributed by atoms with E-state index < -0.39 is 31.9 Å². The van der Waals surface area contributed by atoms with Gasteiger partial charge < -0.3 is 10.1 Å². The Kier molecular flexibility index (Phi) is 8.72. The van der Waals surface area contributed by atoms with Crippen LogP contribution in [-0.4, -0.2) is 64.6 Å². The maximum Gasteiger partial charge on any atom is 0.243 e. The summed E-state index contributed by atoms with van der Waals surface area (Å²) in [6.45, 7) is 1.19. The topological polar surface area (TPSA) is 113 Å². The zero-order valence-electron chi connectivity index (χ0n) is 20.3. The minimum atomic E-state index is -3.79. The lowest BCUT2D eigenvalue weighted by Gasteiger charge is -2.31. The molecular weight excluding hydrogens is 561 g/mol. The lowest BCUT2D eigenvalue weighted by atomic mass is 9.98. The summed E-state index contributed by atoms with van der Waals surface area (Å²) in [5, 5.41) is 3.29. The number of amides is 1. The van der Waals surface area contributed by atoms with Crippen LogP contribution in [0.1, 0.15) is 31.2 Å². The van der Waals surface area contributed by atoms with E-state index in [4.69, 9.17) is 27.9 Å². The Morgan fingerprint density at radius 3 is 2.30 bits per heavy atom. The molecule has 9 nitrogen and oxygen atoms in total. The zero-order chi connectivity index (χ0) is 26.8. The number of benzene rings is 2. The van der Waals surface area contributed by atoms with Gasteiger partial charge in [0.1, 0.15) is 5.75 Å². The fourth-order valence-electron chi connectivity index (χ4n) is 4.61. The third-order valence-corrected chi connectivity index (χ3v) is 11.0. The molecule has 0 aliphatic carbocycles. The molecule has 1 atom stereocenters. The average Bonchev–Trinajstić information content (AvgIpc) is 3.42. The van der Waals surface area contributed by atoms with E-state index in [-0.39, 0.29) is 39.5 Å². The molecule has 2 saturated heterocycles. The molecule has 2 aliphatic rings. The van der Waals surface area contributed by atoms with Crippen LogP contribution in [0.4, 0.5) is 5.69 Å². The number of rotatable bonds is 8. The van der Waals surface area contributed by atoms with E-state index in [0.29, 0.717) is 37.2 Å². The minimum absolute atomic E-state index is 0.00960. The van der Waals surface area contributed by atoms with Gasteiger partial charge in [-0.1, -0.05) is 29.3 Å². The molecule has 0 unspecified atom stereocenters. The number of anilines is 1. The number of halogens is 2. The SMILES string of the molecule is COc1ccc(S(=O)(=O)N2CCCC2)cc1NC(=O)[C@H]1CCCN(S(=O)(=O)Cc2c(Cl)cccc2Cl)C1. The summed E-state index contributed by atoms with van der Waals surface area (Å²) in [5.74, 6) is -1.11. The molecule has 2 heterocycles. The van der Waals surface area contributed by atoms with Crippen molar-refractivity contribution in [3.63, 3.8) is 0 Å². The van der Waals surface area contributed by atoms with Crippen LogP contribution < -0.4 is 10.1 Å². The summed E-state index contributed by atoms with van der Waals surface area (Å²) in [7, 11) is -6.06. The van der Waals surface area contributed by atoms with Gasteiger partial charge in [0.25, 0.3) is 0 Å². The van der Waals surface area contributed by atoms with Gasteiger partial charge in [0.2, 0.25) is 26.0 Å². The summed E-state index contributed by atoms with van der Waals surface area (Å²) < 4.78 is 60.4. The second-order valence-electron chi connectivity index (χ2n) is 9.12. The number of carbonyl (C=O) groups is 1. The van der Waals surface area contributed by atoms with E-state index in [1.807, 2.05) is 0 Å². The van der Waals surface area contributed by atoms with E-state index in [0.717, 1.165) is 12.8 Å². The van der Waals surface area contributed by atoms with Crippen molar-refractivity contribution in [1.29, 1.82) is 0 Å². The number of ether oxygens (including phenoxy) is 1. The van der Waals surface area contributed by atoms with Gasteiger partial charge in [-0.3, -0.25) is 4.79 Å². The lowest BCUT2D eigenvalue weighted by molar-refractivity contribution is -0.120. The standard InChI is InChI=1S/C24H29Cl2N3O6S2/c1-35-23-10-9-18(37(33,34)28-11-2-3-12-28)14-22(23)27-24(30)17-6-5-13-29(15-17)36(31,32)16-19-20(25)7-4-8-21(19)26/h4,7-10,14,17H,2-3,5-6,11-13,15-16H2,1H3,(H,27,30)/t17-/m0/s1. The van der Waals surface area contributed by atoms with E-state index >= 15 is 0 Å². The van der Waals surface area contributed by atoms with Crippen molar-refractivity contribution in [3.05, 3.63) is 52.0 Å². The normalized spacial score (nSPS) is 19.6. The number of hydrogen-bond acceptors (Lipinski definition) is 6. The third-order valence-electron chi connectivity index (χ3n) is 6.67. The van der Waals surface area contributed by atoms with Crippen LogP contribution >= 0.6 is 23.2 Å². The maximum absolute atomic E-state index is 13.2. The summed E-state index contributed by atoms with van der Waals surface area (Å²) in [6, 6.07) is 9.15. The van der Waals surface area contributed by atoms with Gasteiger partial charge in [0.05, 0.1) is 29.4 Å². The largest absolute Gasteiger partial charge is 0.495 e. The lowest BCUT2D eigenvalue weighted by Crippen LogP contribution is -2.44. The Balaban J connectivity index is 1.50. The van der Waals surface area contributed by atoms with E-state index in [1.165, 1.54) is 33.9 Å². The first-order chi connectivity index (χ1) is 17.5. The van der Waals surface area contributed by atoms with Crippen LogP contribution in [0.5, 0.6) is 5.75 Å². The van der Waals surface area contributed by atoms with Crippen molar-refractivity contribution in [2.75, 3.05) is 38.6 Å². The van der Waals surface area contributed by atoms with E-state index in [9.17, 15) is 21.6 Å². The van der Waals surface area contributed by atoms with Gasteiger partial charge in [-0.05, 0) is 56.0 Å². The Morgan fingerprint density at radius 2 is 1.65 bits per heavy atom. The number of methoxy groups -OCH3 is 1. The molecule has 0 aromatic heterocycles. The molecule has 37 heavy (non-hydrogen) atoms. The van der Waals surface area contributed by atoms with Crippen LogP contribution in [-0.2, 0) is 30.6 Å². The Morgan fingerprint density at radius 1 is 1.00 bits per heavy atom. The van der Waals surface area contributed by atoms with Crippen molar-refractivity contribution >= 4 is 54.8 Å². The smallest absolute Gasteiger partial charge is 0.243 e. The molecule has 2 aromatic rings. The van der Waals surface area contributed by atoms with Gasteiger partial charge in [0, 0.05) is 41.8 Å². The molecule has 1 amide bonds.